The molecule has 1 aromatic carbocycles. The summed E-state index contributed by atoms with van der Waals surface area (Å²) >= 11 is 5.18. The normalized spacial score (nSPS) is 10.9. The van der Waals surface area contributed by atoms with E-state index in [-0.39, 0.29) is 0 Å². The van der Waals surface area contributed by atoms with Crippen LogP contribution in [0.4, 0.5) is 0 Å². The van der Waals surface area contributed by atoms with Crippen molar-refractivity contribution in [1.29, 1.82) is 0 Å². The van der Waals surface area contributed by atoms with Crippen molar-refractivity contribution >= 4 is 23.1 Å². The van der Waals surface area contributed by atoms with Crippen LogP contribution in [0, 0.1) is 11.7 Å². The van der Waals surface area contributed by atoms with E-state index in [1.807, 2.05) is 35.8 Å². The fourth-order valence-electron chi connectivity index (χ4n) is 1.84. The van der Waals surface area contributed by atoms with Crippen molar-refractivity contribution < 1.29 is 0 Å². The summed E-state index contributed by atoms with van der Waals surface area (Å²) in [5, 5.41) is 7.77. The summed E-state index contributed by atoms with van der Waals surface area (Å²) < 4.78 is 2.39. The standard InChI is InChI=1S/C12H10N4S/c1-8-5-6-9-3-2-4-10(11(9)14-8)16-7-13-15-12(16)17/h2-7H,1H3,(H,15,17). The Labute approximate surface area is 103 Å². The second kappa shape index (κ2) is 3.78. The molecule has 2 aromatic heterocycles. The lowest BCUT2D eigenvalue weighted by Crippen LogP contribution is -1.96. The van der Waals surface area contributed by atoms with Gasteiger partial charge < -0.3 is 0 Å². The molecule has 0 atom stereocenters. The Bertz CT molecular complexity index is 741. The van der Waals surface area contributed by atoms with Crippen LogP contribution in [-0.2, 0) is 0 Å². The van der Waals surface area contributed by atoms with Crippen molar-refractivity contribution in [3.05, 3.63) is 47.1 Å². The largest absolute Gasteiger partial charge is 0.273 e. The Morgan fingerprint density at radius 1 is 1.24 bits per heavy atom. The van der Waals surface area contributed by atoms with E-state index in [4.69, 9.17) is 12.2 Å². The lowest BCUT2D eigenvalue weighted by Gasteiger charge is -2.06. The molecule has 0 amide bonds. The lowest BCUT2D eigenvalue weighted by atomic mass is 10.2. The van der Waals surface area contributed by atoms with Crippen LogP contribution < -0.4 is 0 Å². The van der Waals surface area contributed by atoms with E-state index in [0.717, 1.165) is 22.3 Å². The first kappa shape index (κ1) is 10.2. The average Bonchev–Trinajstić information content (AvgIpc) is 2.74. The van der Waals surface area contributed by atoms with Crippen LogP contribution in [0.1, 0.15) is 5.69 Å². The summed E-state index contributed by atoms with van der Waals surface area (Å²) in [6.45, 7) is 1.98. The predicted molar refractivity (Wildman–Crippen MR) is 68.8 cm³/mol. The van der Waals surface area contributed by atoms with Gasteiger partial charge in [0.2, 0.25) is 0 Å². The van der Waals surface area contributed by atoms with Crippen molar-refractivity contribution in [3.8, 4) is 5.69 Å². The van der Waals surface area contributed by atoms with Crippen LogP contribution in [0.2, 0.25) is 0 Å². The number of nitrogens with zero attached hydrogens (tertiary/aromatic N) is 3. The zero-order chi connectivity index (χ0) is 11.8. The van der Waals surface area contributed by atoms with E-state index in [1.54, 1.807) is 6.33 Å². The fraction of sp³-hybridized carbons (Fsp3) is 0.0833. The number of aromatic amines is 1. The second-order valence-corrected chi connectivity index (χ2v) is 4.22. The Balaban J connectivity index is 2.41. The van der Waals surface area contributed by atoms with Crippen molar-refractivity contribution in [2.24, 2.45) is 0 Å². The number of pyridine rings is 1. The quantitative estimate of drug-likeness (QED) is 0.667. The Morgan fingerprint density at radius 2 is 2.12 bits per heavy atom. The van der Waals surface area contributed by atoms with Crippen LogP contribution in [0.25, 0.3) is 16.6 Å². The molecule has 0 saturated heterocycles. The van der Waals surface area contributed by atoms with Crippen molar-refractivity contribution in [2.75, 3.05) is 0 Å². The van der Waals surface area contributed by atoms with Gasteiger partial charge in [0, 0.05) is 11.1 Å². The van der Waals surface area contributed by atoms with E-state index >= 15 is 0 Å². The number of aryl methyl sites for hydroxylation is 1. The number of benzene rings is 1. The molecule has 0 fully saturated rings. The number of nitrogens with one attached hydrogen (secondary N) is 1. The maximum Gasteiger partial charge on any atom is 0.199 e. The van der Waals surface area contributed by atoms with Crippen LogP contribution in [0.3, 0.4) is 0 Å². The molecule has 84 valence electrons. The molecule has 4 nitrogen and oxygen atoms in total. The molecule has 0 spiro atoms. The minimum atomic E-state index is 0.570. The van der Waals surface area contributed by atoms with Gasteiger partial charge in [-0.05, 0) is 31.3 Å². The smallest absolute Gasteiger partial charge is 0.199 e. The highest BCUT2D eigenvalue weighted by molar-refractivity contribution is 7.71. The molecule has 3 rings (SSSR count). The third-order valence-electron chi connectivity index (χ3n) is 2.65. The predicted octanol–water partition coefficient (Wildman–Crippen LogP) is 2.79. The maximum absolute atomic E-state index is 5.18. The first-order chi connectivity index (χ1) is 8.25. The van der Waals surface area contributed by atoms with Crippen LogP contribution in [0.15, 0.2) is 36.7 Å². The zero-order valence-electron chi connectivity index (χ0n) is 9.21. The number of rotatable bonds is 1. The molecule has 0 aliphatic rings. The summed E-state index contributed by atoms with van der Waals surface area (Å²) in [5.41, 5.74) is 2.87. The van der Waals surface area contributed by atoms with Crippen molar-refractivity contribution in [1.82, 2.24) is 19.7 Å². The number of aromatic nitrogens is 4. The first-order valence-electron chi connectivity index (χ1n) is 5.24. The minimum Gasteiger partial charge on any atom is -0.273 e. The highest BCUT2D eigenvalue weighted by Crippen LogP contribution is 2.20. The topological polar surface area (TPSA) is 46.5 Å². The Hall–Kier alpha value is -2.01. The summed E-state index contributed by atoms with van der Waals surface area (Å²) in [7, 11) is 0. The van der Waals surface area contributed by atoms with Crippen molar-refractivity contribution in [2.45, 2.75) is 6.92 Å². The van der Waals surface area contributed by atoms with Gasteiger partial charge in [-0.15, -0.1) is 0 Å². The number of hydrogen-bond acceptors (Lipinski definition) is 3. The Morgan fingerprint density at radius 3 is 2.88 bits per heavy atom. The van der Waals surface area contributed by atoms with E-state index in [1.165, 1.54) is 0 Å². The molecule has 5 heteroatoms. The van der Waals surface area contributed by atoms with Gasteiger partial charge in [-0.3, -0.25) is 14.6 Å². The minimum absolute atomic E-state index is 0.570. The summed E-state index contributed by atoms with van der Waals surface area (Å²) in [6.07, 6.45) is 1.67. The third kappa shape index (κ3) is 1.64. The first-order valence-corrected chi connectivity index (χ1v) is 5.65. The maximum atomic E-state index is 5.18. The highest BCUT2D eigenvalue weighted by Gasteiger charge is 2.05. The number of hydrogen-bond donors (Lipinski definition) is 1. The monoisotopic (exact) mass is 242 g/mol. The Kier molecular flexibility index (Phi) is 2.26. The van der Waals surface area contributed by atoms with Gasteiger partial charge >= 0.3 is 0 Å². The number of fused-ring (bicyclic) bond motifs is 1. The van der Waals surface area contributed by atoms with Gasteiger partial charge in [-0.2, -0.15) is 5.10 Å². The number of H-pyrrole nitrogens is 1. The molecule has 3 aromatic rings. The lowest BCUT2D eigenvalue weighted by molar-refractivity contribution is 1.03. The molecule has 0 aliphatic heterocycles. The third-order valence-corrected chi connectivity index (χ3v) is 2.94. The highest BCUT2D eigenvalue weighted by atomic mass is 32.1. The fourth-order valence-corrected chi connectivity index (χ4v) is 2.04. The summed E-state index contributed by atoms with van der Waals surface area (Å²) in [5.74, 6) is 0. The van der Waals surface area contributed by atoms with Crippen LogP contribution in [0.5, 0.6) is 0 Å². The summed E-state index contributed by atoms with van der Waals surface area (Å²) in [6, 6.07) is 10.1. The second-order valence-electron chi connectivity index (χ2n) is 3.83. The van der Waals surface area contributed by atoms with Gasteiger partial charge in [0.25, 0.3) is 0 Å². The molecule has 0 unspecified atom stereocenters. The molecule has 0 saturated carbocycles. The van der Waals surface area contributed by atoms with Crippen LogP contribution in [-0.4, -0.2) is 19.7 Å². The van der Waals surface area contributed by atoms with E-state index in [2.05, 4.69) is 21.2 Å². The molecule has 0 bridgehead atoms. The molecular formula is C12H10N4S. The molecule has 0 radical (unpaired) electrons. The SMILES string of the molecule is Cc1ccc2cccc(-n3cn[nH]c3=S)c2n1. The molecule has 0 aliphatic carbocycles. The van der Waals surface area contributed by atoms with Gasteiger partial charge in [0.05, 0.1) is 11.2 Å². The zero-order valence-corrected chi connectivity index (χ0v) is 10.0. The van der Waals surface area contributed by atoms with Crippen LogP contribution >= 0.6 is 12.2 Å². The summed E-state index contributed by atoms with van der Waals surface area (Å²) in [4.78, 5) is 4.56. The van der Waals surface area contributed by atoms with Crippen molar-refractivity contribution in [3.63, 3.8) is 0 Å². The molecular weight excluding hydrogens is 232 g/mol. The van der Waals surface area contributed by atoms with Gasteiger partial charge in [-0.1, -0.05) is 18.2 Å². The molecule has 1 N–H and O–H groups in total. The van der Waals surface area contributed by atoms with E-state index < -0.39 is 0 Å². The van der Waals surface area contributed by atoms with E-state index in [0.29, 0.717) is 4.77 Å². The van der Waals surface area contributed by atoms with Gasteiger partial charge in [-0.25, -0.2) is 0 Å². The average molecular weight is 242 g/mol. The van der Waals surface area contributed by atoms with Gasteiger partial charge in [0.1, 0.15) is 6.33 Å². The van der Waals surface area contributed by atoms with Gasteiger partial charge in [0.15, 0.2) is 4.77 Å². The number of para-hydroxylation sites is 1. The van der Waals surface area contributed by atoms with E-state index in [9.17, 15) is 0 Å². The molecule has 17 heavy (non-hydrogen) atoms. The molecule has 2 heterocycles.